The Morgan fingerprint density at radius 1 is 0.950 bits per heavy atom. The van der Waals surface area contributed by atoms with Crippen molar-refractivity contribution in [2.75, 3.05) is 13.2 Å². The fraction of sp³-hybridized carbons (Fsp3) is 0.824. The van der Waals surface area contributed by atoms with Crippen LogP contribution in [0.15, 0.2) is 12.2 Å². The van der Waals surface area contributed by atoms with Crippen LogP contribution in [-0.4, -0.2) is 19.4 Å². The lowest BCUT2D eigenvalue weighted by atomic mass is 10.1. The number of carbonyl (C=O) groups is 1. The Balaban J connectivity index is 3.16. The van der Waals surface area contributed by atoms with Crippen LogP contribution < -0.4 is 0 Å². The van der Waals surface area contributed by atoms with Gasteiger partial charge in [-0.05, 0) is 31.6 Å². The van der Waals surface area contributed by atoms with Gasteiger partial charge in [-0.3, -0.25) is 0 Å². The molecule has 0 rings (SSSR count). The molecule has 0 unspecified atom stereocenters. The number of hydrogen-bond donors (Lipinski definition) is 0. The van der Waals surface area contributed by atoms with Gasteiger partial charge in [-0.2, -0.15) is 0 Å². The van der Waals surface area contributed by atoms with E-state index in [2.05, 4.69) is 19.1 Å². The molecule has 0 aromatic rings. The standard InChI is InChI=1S/C17H32O3/c1-4-5-6-7-8-9-10-11-12-13-14-19-17(18)20-15-16(2)3/h5-6,16H,4,7-15H2,1-3H3/b6-5+. The lowest BCUT2D eigenvalue weighted by Crippen LogP contribution is -2.12. The number of ether oxygens (including phenoxy) is 2. The van der Waals surface area contributed by atoms with Gasteiger partial charge in [0.2, 0.25) is 0 Å². The van der Waals surface area contributed by atoms with Crippen molar-refractivity contribution in [2.24, 2.45) is 5.92 Å². The molecule has 0 aliphatic heterocycles. The van der Waals surface area contributed by atoms with Crippen LogP contribution in [0.25, 0.3) is 0 Å². The van der Waals surface area contributed by atoms with Crippen LogP contribution in [0.2, 0.25) is 0 Å². The highest BCUT2D eigenvalue weighted by Crippen LogP contribution is 2.08. The third-order valence-electron chi connectivity index (χ3n) is 2.92. The average Bonchev–Trinajstić information content (AvgIpc) is 2.42. The van der Waals surface area contributed by atoms with E-state index in [0.29, 0.717) is 19.1 Å². The van der Waals surface area contributed by atoms with Crippen molar-refractivity contribution in [3.8, 4) is 0 Å². The van der Waals surface area contributed by atoms with Crippen LogP contribution in [0.3, 0.4) is 0 Å². The Morgan fingerprint density at radius 2 is 1.60 bits per heavy atom. The molecule has 0 saturated carbocycles. The van der Waals surface area contributed by atoms with E-state index in [-0.39, 0.29) is 0 Å². The molecule has 0 aliphatic carbocycles. The van der Waals surface area contributed by atoms with Crippen molar-refractivity contribution in [2.45, 2.75) is 72.1 Å². The lowest BCUT2D eigenvalue weighted by molar-refractivity contribution is 0.0465. The second-order valence-corrected chi connectivity index (χ2v) is 5.59. The largest absolute Gasteiger partial charge is 0.508 e. The Bertz CT molecular complexity index is 247. The Labute approximate surface area is 124 Å². The van der Waals surface area contributed by atoms with Gasteiger partial charge < -0.3 is 9.47 Å². The molecule has 3 heteroatoms. The maximum Gasteiger partial charge on any atom is 0.508 e. The van der Waals surface area contributed by atoms with Crippen molar-refractivity contribution in [1.82, 2.24) is 0 Å². The van der Waals surface area contributed by atoms with E-state index in [1.54, 1.807) is 0 Å². The lowest BCUT2D eigenvalue weighted by Gasteiger charge is -2.07. The fourth-order valence-corrected chi connectivity index (χ4v) is 1.79. The number of carbonyl (C=O) groups excluding carboxylic acids is 1. The van der Waals surface area contributed by atoms with Crippen LogP contribution in [-0.2, 0) is 9.47 Å². The second-order valence-electron chi connectivity index (χ2n) is 5.59. The molecular formula is C17H32O3. The molecule has 3 nitrogen and oxygen atoms in total. The smallest absolute Gasteiger partial charge is 0.434 e. The Hall–Kier alpha value is -0.990. The molecule has 0 saturated heterocycles. The van der Waals surface area contributed by atoms with Crippen molar-refractivity contribution in [3.05, 3.63) is 12.2 Å². The first-order valence-corrected chi connectivity index (χ1v) is 8.11. The van der Waals surface area contributed by atoms with Gasteiger partial charge in [-0.25, -0.2) is 4.79 Å². The minimum atomic E-state index is -0.526. The molecule has 0 radical (unpaired) electrons. The molecule has 0 aromatic carbocycles. The van der Waals surface area contributed by atoms with Crippen molar-refractivity contribution < 1.29 is 14.3 Å². The zero-order chi connectivity index (χ0) is 15.1. The topological polar surface area (TPSA) is 35.5 Å². The zero-order valence-corrected chi connectivity index (χ0v) is 13.5. The minimum Gasteiger partial charge on any atom is -0.434 e. The number of allylic oxidation sites excluding steroid dienone is 2. The van der Waals surface area contributed by atoms with Crippen LogP contribution in [0.1, 0.15) is 72.1 Å². The summed E-state index contributed by atoms with van der Waals surface area (Å²) < 4.78 is 9.92. The predicted octanol–water partition coefficient (Wildman–Crippen LogP) is 5.49. The summed E-state index contributed by atoms with van der Waals surface area (Å²) in [5.74, 6) is 0.356. The van der Waals surface area contributed by atoms with Crippen LogP contribution >= 0.6 is 0 Å². The van der Waals surface area contributed by atoms with Crippen molar-refractivity contribution >= 4 is 6.16 Å². The Morgan fingerprint density at radius 3 is 2.25 bits per heavy atom. The van der Waals surface area contributed by atoms with E-state index in [4.69, 9.17) is 9.47 Å². The summed E-state index contributed by atoms with van der Waals surface area (Å²) in [7, 11) is 0. The fourth-order valence-electron chi connectivity index (χ4n) is 1.79. The van der Waals surface area contributed by atoms with Crippen molar-refractivity contribution in [3.63, 3.8) is 0 Å². The molecule has 0 fully saturated rings. The summed E-state index contributed by atoms with van der Waals surface area (Å²) in [6.45, 7) is 7.09. The van der Waals surface area contributed by atoms with Gasteiger partial charge in [-0.1, -0.05) is 58.6 Å². The highest BCUT2D eigenvalue weighted by Gasteiger charge is 2.04. The average molecular weight is 284 g/mol. The highest BCUT2D eigenvalue weighted by molar-refractivity contribution is 5.59. The molecule has 0 amide bonds. The van der Waals surface area contributed by atoms with E-state index in [1.165, 1.54) is 32.1 Å². The molecule has 0 aliphatic rings. The molecule has 0 atom stereocenters. The van der Waals surface area contributed by atoms with Gasteiger partial charge in [0.1, 0.15) is 0 Å². The minimum absolute atomic E-state index is 0.356. The summed E-state index contributed by atoms with van der Waals surface area (Å²) in [4.78, 5) is 11.2. The summed E-state index contributed by atoms with van der Waals surface area (Å²) in [6.07, 6.45) is 13.5. The first kappa shape index (κ1) is 19.0. The zero-order valence-electron chi connectivity index (χ0n) is 13.5. The summed E-state index contributed by atoms with van der Waals surface area (Å²) in [6, 6.07) is 0. The summed E-state index contributed by atoms with van der Waals surface area (Å²) in [5, 5.41) is 0. The summed E-state index contributed by atoms with van der Waals surface area (Å²) >= 11 is 0. The third kappa shape index (κ3) is 15.1. The molecule has 118 valence electrons. The molecule has 0 spiro atoms. The van der Waals surface area contributed by atoms with E-state index in [9.17, 15) is 4.79 Å². The number of rotatable bonds is 12. The van der Waals surface area contributed by atoms with E-state index < -0.39 is 6.16 Å². The number of hydrogen-bond acceptors (Lipinski definition) is 3. The maximum absolute atomic E-state index is 11.2. The van der Waals surface area contributed by atoms with E-state index in [0.717, 1.165) is 19.3 Å². The molecule has 0 N–H and O–H groups in total. The van der Waals surface area contributed by atoms with Gasteiger partial charge in [0, 0.05) is 0 Å². The molecule has 0 aromatic heterocycles. The normalized spacial score (nSPS) is 11.2. The van der Waals surface area contributed by atoms with Gasteiger partial charge >= 0.3 is 6.16 Å². The second kappa shape index (κ2) is 14.4. The van der Waals surface area contributed by atoms with Crippen molar-refractivity contribution in [1.29, 1.82) is 0 Å². The van der Waals surface area contributed by atoms with E-state index in [1.807, 2.05) is 13.8 Å². The highest BCUT2D eigenvalue weighted by atomic mass is 16.7. The molecular weight excluding hydrogens is 252 g/mol. The van der Waals surface area contributed by atoms with Gasteiger partial charge in [0.05, 0.1) is 13.2 Å². The monoisotopic (exact) mass is 284 g/mol. The van der Waals surface area contributed by atoms with Gasteiger partial charge in [-0.15, -0.1) is 0 Å². The van der Waals surface area contributed by atoms with Crippen LogP contribution in [0.4, 0.5) is 4.79 Å². The quantitative estimate of drug-likeness (QED) is 0.270. The maximum atomic E-state index is 11.2. The third-order valence-corrected chi connectivity index (χ3v) is 2.92. The molecule has 0 bridgehead atoms. The van der Waals surface area contributed by atoms with Gasteiger partial charge in [0.15, 0.2) is 0 Å². The molecule has 0 heterocycles. The first-order chi connectivity index (χ1) is 9.66. The predicted molar refractivity (Wildman–Crippen MR) is 83.9 cm³/mol. The van der Waals surface area contributed by atoms with Gasteiger partial charge in [0.25, 0.3) is 0 Å². The van der Waals surface area contributed by atoms with E-state index >= 15 is 0 Å². The first-order valence-electron chi connectivity index (χ1n) is 8.11. The van der Waals surface area contributed by atoms with Crippen LogP contribution in [0.5, 0.6) is 0 Å². The van der Waals surface area contributed by atoms with Crippen LogP contribution in [0, 0.1) is 5.92 Å². The molecule has 20 heavy (non-hydrogen) atoms. The Kier molecular flexibility index (Phi) is 13.7. The SMILES string of the molecule is CC/C=C/CCCCCCCCOC(=O)OCC(C)C. The number of unbranched alkanes of at least 4 members (excludes halogenated alkanes) is 6. The summed E-state index contributed by atoms with van der Waals surface area (Å²) in [5.41, 5.74) is 0.